The van der Waals surface area contributed by atoms with E-state index in [4.69, 9.17) is 11.6 Å². The van der Waals surface area contributed by atoms with Gasteiger partial charge in [-0.15, -0.1) is 0 Å². The second kappa shape index (κ2) is 8.39. The Hall–Kier alpha value is -3.64. The van der Waals surface area contributed by atoms with Crippen molar-refractivity contribution in [2.75, 3.05) is 12.5 Å². The predicted octanol–water partition coefficient (Wildman–Crippen LogP) is 3.82. The Labute approximate surface area is 178 Å². The number of rotatable bonds is 5. The second-order valence-corrected chi connectivity index (χ2v) is 7.12. The molecule has 0 bridgehead atoms. The molecule has 0 aliphatic carbocycles. The van der Waals surface area contributed by atoms with Crippen LogP contribution in [0.3, 0.4) is 0 Å². The zero-order valence-electron chi connectivity index (χ0n) is 16.2. The van der Waals surface area contributed by atoms with Crippen LogP contribution in [0.2, 0.25) is 5.02 Å². The van der Waals surface area contributed by atoms with Gasteiger partial charge in [-0.25, -0.2) is 4.68 Å². The highest BCUT2D eigenvalue weighted by Gasteiger charge is 2.23. The van der Waals surface area contributed by atoms with E-state index in [1.807, 2.05) is 42.5 Å². The summed E-state index contributed by atoms with van der Waals surface area (Å²) in [5.41, 5.74) is 5.10. The van der Waals surface area contributed by atoms with E-state index < -0.39 is 0 Å². The number of pyridine rings is 2. The van der Waals surface area contributed by atoms with Crippen LogP contribution in [0.4, 0.5) is 0 Å². The molecule has 0 saturated heterocycles. The number of amides is 1. The number of carbonyl (C=O) groups excluding carboxylic acids is 1. The summed E-state index contributed by atoms with van der Waals surface area (Å²) in [6, 6.07) is 18.2. The molecular weight excluding hydrogens is 400 g/mol. The van der Waals surface area contributed by atoms with Crippen molar-refractivity contribution in [2.45, 2.75) is 6.54 Å². The Bertz CT molecular complexity index is 1270. The summed E-state index contributed by atoms with van der Waals surface area (Å²) < 4.78 is 1.28. The quantitative estimate of drug-likeness (QED) is 0.516. The van der Waals surface area contributed by atoms with Gasteiger partial charge in [0.15, 0.2) is 0 Å². The van der Waals surface area contributed by atoms with Crippen molar-refractivity contribution in [1.29, 1.82) is 0 Å². The number of hydrogen-bond donors (Lipinski definition) is 2. The lowest BCUT2D eigenvalue weighted by atomic mass is 9.96. The monoisotopic (exact) mass is 418 g/mol. The minimum absolute atomic E-state index is 0.220. The lowest BCUT2D eigenvalue weighted by molar-refractivity contribution is 0.0943. The molecule has 4 aromatic rings. The third-order valence-electron chi connectivity index (χ3n) is 4.85. The highest BCUT2D eigenvalue weighted by molar-refractivity contribution is 6.31. The molecule has 0 atom stereocenters. The molecule has 0 fully saturated rings. The number of halogens is 1. The number of nitrogens with one attached hydrogen (secondary N) is 2. The van der Waals surface area contributed by atoms with Crippen LogP contribution in [0, 0.1) is 0 Å². The molecule has 150 valence electrons. The summed E-state index contributed by atoms with van der Waals surface area (Å²) in [4.78, 5) is 30.4. The van der Waals surface area contributed by atoms with E-state index in [-0.39, 0.29) is 17.2 Å². The fourth-order valence-corrected chi connectivity index (χ4v) is 3.64. The average Bonchev–Trinajstić information content (AvgIpc) is 2.78. The van der Waals surface area contributed by atoms with E-state index in [9.17, 15) is 9.59 Å². The lowest BCUT2D eigenvalue weighted by Crippen LogP contribution is -2.36. The Balaban J connectivity index is 1.94. The molecule has 0 unspecified atom stereocenters. The van der Waals surface area contributed by atoms with Gasteiger partial charge < -0.3 is 10.7 Å². The predicted molar refractivity (Wildman–Crippen MR) is 119 cm³/mol. The number of aromatic nitrogens is 2. The topological polar surface area (TPSA) is 76.0 Å². The molecule has 0 saturated carbocycles. The van der Waals surface area contributed by atoms with Crippen molar-refractivity contribution in [1.82, 2.24) is 15.0 Å². The first-order chi connectivity index (χ1) is 14.6. The van der Waals surface area contributed by atoms with Crippen LogP contribution in [0.1, 0.15) is 16.1 Å². The number of fused-ring (bicyclic) bond motifs is 1. The minimum atomic E-state index is -0.376. The van der Waals surface area contributed by atoms with Crippen molar-refractivity contribution in [3.05, 3.63) is 99.7 Å². The average molecular weight is 419 g/mol. The second-order valence-electron chi connectivity index (χ2n) is 6.68. The van der Waals surface area contributed by atoms with Gasteiger partial charge >= 0.3 is 0 Å². The fraction of sp³-hybridized carbons (Fsp3) is 0.0870. The van der Waals surface area contributed by atoms with Gasteiger partial charge in [0.25, 0.3) is 11.5 Å². The third-order valence-corrected chi connectivity index (χ3v) is 5.08. The third kappa shape index (κ3) is 3.65. The zero-order chi connectivity index (χ0) is 21.1. The molecule has 0 aliphatic heterocycles. The Morgan fingerprint density at radius 2 is 1.77 bits per heavy atom. The summed E-state index contributed by atoms with van der Waals surface area (Å²) in [6.45, 7) is 0.307. The molecule has 2 aromatic heterocycles. The lowest BCUT2D eigenvalue weighted by Gasteiger charge is -2.19. The molecule has 0 spiro atoms. The highest BCUT2D eigenvalue weighted by Crippen LogP contribution is 2.32. The van der Waals surface area contributed by atoms with Gasteiger partial charge in [0.05, 0.1) is 0 Å². The van der Waals surface area contributed by atoms with Crippen molar-refractivity contribution in [2.24, 2.45) is 0 Å². The number of nitrogens with zero attached hydrogens (tertiary/aromatic N) is 2. The molecule has 7 heteroatoms. The molecule has 0 aliphatic rings. The fourth-order valence-electron chi connectivity index (χ4n) is 3.46. The van der Waals surface area contributed by atoms with Gasteiger partial charge in [-0.1, -0.05) is 41.9 Å². The number of benzene rings is 2. The first kappa shape index (κ1) is 19.7. The smallest absolute Gasteiger partial charge is 0.277 e. The largest absolute Gasteiger partial charge is 0.347 e. The van der Waals surface area contributed by atoms with E-state index in [1.165, 1.54) is 4.68 Å². The van der Waals surface area contributed by atoms with E-state index in [0.29, 0.717) is 27.9 Å². The first-order valence-corrected chi connectivity index (χ1v) is 9.76. The maximum absolute atomic E-state index is 13.3. The maximum Gasteiger partial charge on any atom is 0.277 e. The SMILES string of the molecule is CNn1c(C(=O)NCc2ccncc2)c(-c2ccccc2)c2cc(Cl)ccc2c1=O. The molecule has 30 heavy (non-hydrogen) atoms. The van der Waals surface area contributed by atoms with Crippen molar-refractivity contribution in [3.63, 3.8) is 0 Å². The Kier molecular flexibility index (Phi) is 5.50. The molecule has 1 amide bonds. The zero-order valence-corrected chi connectivity index (χ0v) is 17.0. The van der Waals surface area contributed by atoms with Crippen LogP contribution in [-0.2, 0) is 6.54 Å². The summed E-state index contributed by atoms with van der Waals surface area (Å²) in [5, 5.41) is 4.49. The maximum atomic E-state index is 13.3. The Morgan fingerprint density at radius 3 is 2.47 bits per heavy atom. The summed E-state index contributed by atoms with van der Waals surface area (Å²) in [5.74, 6) is -0.376. The number of hydrogen-bond acceptors (Lipinski definition) is 4. The van der Waals surface area contributed by atoms with E-state index in [1.54, 1.807) is 37.6 Å². The van der Waals surface area contributed by atoms with Crippen LogP contribution in [0.15, 0.2) is 77.9 Å². The van der Waals surface area contributed by atoms with E-state index in [0.717, 1.165) is 11.1 Å². The molecular formula is C23H19ClN4O2. The molecule has 0 radical (unpaired) electrons. The molecule has 6 nitrogen and oxygen atoms in total. The molecule has 2 heterocycles. The molecule has 2 N–H and O–H groups in total. The summed E-state index contributed by atoms with van der Waals surface area (Å²) >= 11 is 6.25. The highest BCUT2D eigenvalue weighted by atomic mass is 35.5. The standard InChI is InChI=1S/C23H19ClN4O2/c1-25-28-21(22(29)27-14-15-9-11-26-12-10-15)20(16-5-3-2-4-6-16)19-13-17(24)7-8-18(19)23(28)30/h2-13,25H,14H2,1H3,(H,27,29). The van der Waals surface area contributed by atoms with Crippen LogP contribution < -0.4 is 16.3 Å². The van der Waals surface area contributed by atoms with Crippen LogP contribution in [0.5, 0.6) is 0 Å². The Morgan fingerprint density at radius 1 is 1.03 bits per heavy atom. The normalized spacial score (nSPS) is 10.7. The summed E-state index contributed by atoms with van der Waals surface area (Å²) in [6.07, 6.45) is 3.33. The van der Waals surface area contributed by atoms with Gasteiger partial charge in [-0.05, 0) is 46.8 Å². The minimum Gasteiger partial charge on any atom is -0.347 e. The van der Waals surface area contributed by atoms with Gasteiger partial charge in [0, 0.05) is 42.0 Å². The van der Waals surface area contributed by atoms with Gasteiger partial charge in [0.2, 0.25) is 0 Å². The molecule has 4 rings (SSSR count). The van der Waals surface area contributed by atoms with E-state index in [2.05, 4.69) is 15.7 Å². The van der Waals surface area contributed by atoms with Crippen molar-refractivity contribution < 1.29 is 4.79 Å². The molecule has 2 aromatic carbocycles. The van der Waals surface area contributed by atoms with Crippen molar-refractivity contribution >= 4 is 28.3 Å². The van der Waals surface area contributed by atoms with Gasteiger partial charge in [0.1, 0.15) is 5.69 Å². The summed E-state index contributed by atoms with van der Waals surface area (Å²) in [7, 11) is 1.61. The van der Waals surface area contributed by atoms with Crippen LogP contribution >= 0.6 is 11.6 Å². The first-order valence-electron chi connectivity index (χ1n) is 9.38. The van der Waals surface area contributed by atoms with Crippen molar-refractivity contribution in [3.8, 4) is 11.1 Å². The van der Waals surface area contributed by atoms with Gasteiger partial charge in [-0.3, -0.25) is 14.6 Å². The number of carbonyl (C=O) groups is 1. The van der Waals surface area contributed by atoms with Gasteiger partial charge in [-0.2, -0.15) is 0 Å². The van der Waals surface area contributed by atoms with E-state index >= 15 is 0 Å². The van der Waals surface area contributed by atoms with Crippen LogP contribution in [-0.4, -0.2) is 22.6 Å². The van der Waals surface area contributed by atoms with Crippen LogP contribution in [0.25, 0.3) is 21.9 Å².